The monoisotopic (exact) mass is 452 g/mol. The number of rotatable bonds is 8. The second-order valence-electron chi connectivity index (χ2n) is 9.21. The molecule has 0 radical (unpaired) electrons. The SMILES string of the molecule is CCC1(CCC(C)C)C(=O)NC(=O)NC1=O.CCC1(CCC(C)C)C(=O)NC(=O)NC1=O. The van der Waals surface area contributed by atoms with Gasteiger partial charge in [0.25, 0.3) is 0 Å². The predicted molar refractivity (Wildman–Crippen MR) is 117 cm³/mol. The molecule has 0 atom stereocenters. The Hall–Kier alpha value is -2.78. The minimum Gasteiger partial charge on any atom is -0.277 e. The molecule has 2 fully saturated rings. The summed E-state index contributed by atoms with van der Waals surface area (Å²) >= 11 is 0. The van der Waals surface area contributed by atoms with Crippen molar-refractivity contribution in [3.05, 3.63) is 0 Å². The highest BCUT2D eigenvalue weighted by Crippen LogP contribution is 2.33. The van der Waals surface area contributed by atoms with Crippen molar-refractivity contribution in [3.8, 4) is 0 Å². The van der Waals surface area contributed by atoms with Crippen molar-refractivity contribution in [2.75, 3.05) is 0 Å². The molecule has 4 N–H and O–H groups in total. The number of imide groups is 4. The van der Waals surface area contributed by atoms with E-state index in [1.165, 1.54) is 0 Å². The molecule has 8 amide bonds. The third kappa shape index (κ3) is 6.14. The van der Waals surface area contributed by atoms with E-state index in [0.717, 1.165) is 12.8 Å². The van der Waals surface area contributed by atoms with Gasteiger partial charge in [0, 0.05) is 0 Å². The lowest BCUT2D eigenvalue weighted by atomic mass is 9.76. The summed E-state index contributed by atoms with van der Waals surface area (Å²) in [6.45, 7) is 11.7. The van der Waals surface area contributed by atoms with Crippen LogP contribution in [-0.2, 0) is 19.2 Å². The smallest absolute Gasteiger partial charge is 0.277 e. The first-order chi connectivity index (χ1) is 14.8. The Morgan fingerprint density at radius 2 is 0.812 bits per heavy atom. The van der Waals surface area contributed by atoms with Crippen LogP contribution in [0.5, 0.6) is 0 Å². The fourth-order valence-electron chi connectivity index (χ4n) is 3.68. The minimum absolute atomic E-state index is 0.407. The van der Waals surface area contributed by atoms with E-state index in [9.17, 15) is 28.8 Å². The van der Waals surface area contributed by atoms with Gasteiger partial charge in [-0.2, -0.15) is 0 Å². The fourth-order valence-corrected chi connectivity index (χ4v) is 3.68. The molecule has 2 heterocycles. The number of hydrogen-bond donors (Lipinski definition) is 4. The number of amides is 8. The maximum absolute atomic E-state index is 11.8. The number of barbiturate groups is 2. The lowest BCUT2D eigenvalue weighted by molar-refractivity contribution is -0.147. The molecule has 0 aromatic heterocycles. The molecule has 0 bridgehead atoms. The van der Waals surface area contributed by atoms with Gasteiger partial charge in [-0.05, 0) is 50.4 Å². The lowest BCUT2D eigenvalue weighted by Gasteiger charge is -2.33. The first-order valence-corrected chi connectivity index (χ1v) is 11.2. The summed E-state index contributed by atoms with van der Waals surface area (Å²) in [5, 5.41) is 8.66. The van der Waals surface area contributed by atoms with Gasteiger partial charge in [0.15, 0.2) is 0 Å². The average molecular weight is 453 g/mol. The van der Waals surface area contributed by atoms with E-state index in [-0.39, 0.29) is 0 Å². The van der Waals surface area contributed by atoms with Crippen molar-refractivity contribution in [1.82, 2.24) is 21.3 Å². The first-order valence-electron chi connectivity index (χ1n) is 11.2. The van der Waals surface area contributed by atoms with E-state index >= 15 is 0 Å². The van der Waals surface area contributed by atoms with E-state index in [1.54, 1.807) is 13.8 Å². The molecule has 0 aromatic carbocycles. The zero-order valence-electron chi connectivity index (χ0n) is 19.8. The van der Waals surface area contributed by atoms with E-state index in [2.05, 4.69) is 21.3 Å². The van der Waals surface area contributed by atoms with Gasteiger partial charge in [0.1, 0.15) is 10.8 Å². The summed E-state index contributed by atoms with van der Waals surface area (Å²) in [5.41, 5.74) is -2.14. The van der Waals surface area contributed by atoms with Crippen molar-refractivity contribution >= 4 is 35.7 Å². The molecule has 0 aliphatic carbocycles. The molecule has 2 aliphatic rings. The van der Waals surface area contributed by atoms with Crippen LogP contribution in [0.25, 0.3) is 0 Å². The van der Waals surface area contributed by atoms with Crippen LogP contribution in [-0.4, -0.2) is 35.7 Å². The predicted octanol–water partition coefficient (Wildman–Crippen LogP) is 2.37. The van der Waals surface area contributed by atoms with Gasteiger partial charge in [0.05, 0.1) is 0 Å². The molecular weight excluding hydrogens is 416 g/mol. The Morgan fingerprint density at radius 1 is 0.562 bits per heavy atom. The van der Waals surface area contributed by atoms with E-state index in [1.807, 2.05) is 27.7 Å². The molecule has 180 valence electrons. The van der Waals surface area contributed by atoms with Gasteiger partial charge in [-0.25, -0.2) is 9.59 Å². The average Bonchev–Trinajstić information content (AvgIpc) is 2.68. The fraction of sp³-hybridized carbons (Fsp3) is 0.727. The van der Waals surface area contributed by atoms with Crippen LogP contribution in [0.4, 0.5) is 9.59 Å². The maximum Gasteiger partial charge on any atom is 0.328 e. The van der Waals surface area contributed by atoms with Gasteiger partial charge in [-0.15, -0.1) is 0 Å². The molecule has 2 aliphatic heterocycles. The number of nitrogens with one attached hydrogen (secondary N) is 4. The quantitative estimate of drug-likeness (QED) is 0.415. The molecule has 2 rings (SSSR count). The molecule has 0 unspecified atom stereocenters. The highest BCUT2D eigenvalue weighted by atomic mass is 16.2. The molecule has 0 aromatic rings. The molecule has 10 heteroatoms. The second kappa shape index (κ2) is 11.2. The Morgan fingerprint density at radius 3 is 1.00 bits per heavy atom. The van der Waals surface area contributed by atoms with Gasteiger partial charge in [0.2, 0.25) is 23.6 Å². The highest BCUT2D eigenvalue weighted by molar-refractivity contribution is 6.19. The lowest BCUT2D eigenvalue weighted by Crippen LogP contribution is -2.62. The van der Waals surface area contributed by atoms with Gasteiger partial charge >= 0.3 is 12.1 Å². The molecule has 32 heavy (non-hydrogen) atoms. The van der Waals surface area contributed by atoms with Crippen molar-refractivity contribution < 1.29 is 28.8 Å². The van der Waals surface area contributed by atoms with E-state index < -0.39 is 46.5 Å². The molecule has 0 saturated carbocycles. The van der Waals surface area contributed by atoms with Crippen molar-refractivity contribution in [1.29, 1.82) is 0 Å². The Labute approximate surface area is 189 Å². The summed E-state index contributed by atoms with van der Waals surface area (Å²) in [6, 6.07) is -1.44. The second-order valence-corrected chi connectivity index (χ2v) is 9.21. The number of urea groups is 2. The Bertz CT molecular complexity index is 670. The third-order valence-corrected chi connectivity index (χ3v) is 6.15. The van der Waals surface area contributed by atoms with Crippen molar-refractivity contribution in [3.63, 3.8) is 0 Å². The summed E-state index contributed by atoms with van der Waals surface area (Å²) < 4.78 is 0. The van der Waals surface area contributed by atoms with Crippen LogP contribution >= 0.6 is 0 Å². The van der Waals surface area contributed by atoms with Crippen molar-refractivity contribution in [2.45, 2.75) is 80.1 Å². The molecular formula is C22H36N4O6. The maximum atomic E-state index is 11.8. The minimum atomic E-state index is -1.07. The van der Waals surface area contributed by atoms with Crippen molar-refractivity contribution in [2.24, 2.45) is 22.7 Å². The normalized spacial score (nSPS) is 19.6. The topological polar surface area (TPSA) is 151 Å². The van der Waals surface area contributed by atoms with E-state index in [0.29, 0.717) is 37.5 Å². The van der Waals surface area contributed by atoms with Crippen LogP contribution in [0.1, 0.15) is 80.1 Å². The van der Waals surface area contributed by atoms with Crippen LogP contribution in [0.15, 0.2) is 0 Å². The van der Waals surface area contributed by atoms with E-state index in [4.69, 9.17) is 0 Å². The zero-order chi connectivity index (χ0) is 24.7. The van der Waals surface area contributed by atoms with Crippen LogP contribution in [0, 0.1) is 22.7 Å². The van der Waals surface area contributed by atoms with Crippen LogP contribution in [0.3, 0.4) is 0 Å². The van der Waals surface area contributed by atoms with Crippen LogP contribution < -0.4 is 21.3 Å². The summed E-state index contributed by atoms with van der Waals surface area (Å²) in [5.74, 6) is -1.04. The molecule has 2 saturated heterocycles. The number of carbonyl (C=O) groups is 6. The summed E-state index contributed by atoms with van der Waals surface area (Å²) in [6.07, 6.45) is 3.33. The highest BCUT2D eigenvalue weighted by Gasteiger charge is 2.49. The first kappa shape index (κ1) is 27.3. The molecule has 10 nitrogen and oxygen atoms in total. The zero-order valence-corrected chi connectivity index (χ0v) is 19.8. The number of hydrogen-bond acceptors (Lipinski definition) is 6. The number of carbonyl (C=O) groups excluding carboxylic acids is 6. The summed E-state index contributed by atoms with van der Waals surface area (Å²) in [7, 11) is 0. The van der Waals surface area contributed by atoms with Crippen LogP contribution in [0.2, 0.25) is 0 Å². The Balaban J connectivity index is 0.000000320. The van der Waals surface area contributed by atoms with Gasteiger partial charge in [-0.1, -0.05) is 41.5 Å². The van der Waals surface area contributed by atoms with Gasteiger partial charge in [-0.3, -0.25) is 40.4 Å². The summed E-state index contributed by atoms with van der Waals surface area (Å²) in [4.78, 5) is 69.1. The standard InChI is InChI=1S/2C11H18N2O3/c2*1-4-11(6-5-7(2)3)8(14)12-10(16)13-9(11)15/h2*7H,4-6H2,1-3H3,(H2,12,13,14,15,16). The molecule has 0 spiro atoms. The Kier molecular flexibility index (Phi) is 9.53. The third-order valence-electron chi connectivity index (χ3n) is 6.15. The van der Waals surface area contributed by atoms with Gasteiger partial charge < -0.3 is 0 Å². The largest absolute Gasteiger partial charge is 0.328 e.